The van der Waals surface area contributed by atoms with Gasteiger partial charge in [0.15, 0.2) is 4.80 Å². The lowest BCUT2D eigenvalue weighted by atomic mass is 9.95. The summed E-state index contributed by atoms with van der Waals surface area (Å²) in [5.41, 5.74) is 0.446. The van der Waals surface area contributed by atoms with Crippen molar-refractivity contribution in [2.45, 2.75) is 26.8 Å². The average molecular weight is 453 g/mol. The van der Waals surface area contributed by atoms with Crippen molar-refractivity contribution in [2.24, 2.45) is 4.99 Å². The van der Waals surface area contributed by atoms with Gasteiger partial charge in [-0.2, -0.15) is 0 Å². The quantitative estimate of drug-likeness (QED) is 0.333. The van der Waals surface area contributed by atoms with E-state index in [2.05, 4.69) is 4.99 Å². The number of esters is 1. The van der Waals surface area contributed by atoms with Gasteiger partial charge in [-0.15, -0.1) is 0 Å². The van der Waals surface area contributed by atoms with Gasteiger partial charge in [-0.3, -0.25) is 19.5 Å². The summed E-state index contributed by atoms with van der Waals surface area (Å²) in [6, 6.07) is 8.50. The van der Waals surface area contributed by atoms with Crippen molar-refractivity contribution < 1.29 is 18.9 Å². The van der Waals surface area contributed by atoms with E-state index in [0.29, 0.717) is 32.1 Å². The number of ether oxygens (including phenoxy) is 1. The van der Waals surface area contributed by atoms with Crippen LogP contribution in [-0.4, -0.2) is 22.1 Å². The SMILES string of the molecule is CCOC(=O)C1=C(C)N=c2sc(=Cc3ccc(C)o3)c(=O)n2C1c1cccc([N+](=O)[O-])c1. The first-order valence-corrected chi connectivity index (χ1v) is 10.6. The van der Waals surface area contributed by atoms with Crippen molar-refractivity contribution in [2.75, 3.05) is 6.61 Å². The number of nitro groups is 1. The second-order valence-electron chi connectivity index (χ2n) is 7.10. The van der Waals surface area contributed by atoms with E-state index in [0.717, 1.165) is 11.3 Å². The summed E-state index contributed by atoms with van der Waals surface area (Å²) in [4.78, 5) is 41.9. The van der Waals surface area contributed by atoms with Gasteiger partial charge in [-0.05, 0) is 38.5 Å². The van der Waals surface area contributed by atoms with E-state index in [9.17, 15) is 19.7 Å². The molecule has 2 aromatic heterocycles. The summed E-state index contributed by atoms with van der Waals surface area (Å²) in [5.74, 6) is 0.598. The monoisotopic (exact) mass is 453 g/mol. The molecule has 1 aliphatic heterocycles. The van der Waals surface area contributed by atoms with Crippen molar-refractivity contribution in [3.05, 3.63) is 94.6 Å². The van der Waals surface area contributed by atoms with Crippen LogP contribution in [0.1, 0.15) is 37.0 Å². The Bertz CT molecular complexity index is 1440. The summed E-state index contributed by atoms with van der Waals surface area (Å²) < 4.78 is 12.5. The lowest BCUT2D eigenvalue weighted by Gasteiger charge is -2.24. The zero-order valence-corrected chi connectivity index (χ0v) is 18.3. The molecule has 0 saturated heterocycles. The first-order valence-electron chi connectivity index (χ1n) is 9.80. The van der Waals surface area contributed by atoms with Crippen LogP contribution in [0.2, 0.25) is 0 Å². The number of rotatable bonds is 5. The number of nitro benzene ring substituents is 1. The Morgan fingerprint density at radius 2 is 2.12 bits per heavy atom. The van der Waals surface area contributed by atoms with Gasteiger partial charge < -0.3 is 9.15 Å². The first-order chi connectivity index (χ1) is 15.3. The van der Waals surface area contributed by atoms with Gasteiger partial charge in [0.1, 0.15) is 11.5 Å². The lowest BCUT2D eigenvalue weighted by Crippen LogP contribution is -2.39. The minimum absolute atomic E-state index is 0.138. The predicted molar refractivity (Wildman–Crippen MR) is 117 cm³/mol. The summed E-state index contributed by atoms with van der Waals surface area (Å²) >= 11 is 1.15. The van der Waals surface area contributed by atoms with Crippen LogP contribution in [0, 0.1) is 17.0 Å². The number of nitrogens with zero attached hydrogens (tertiary/aromatic N) is 3. The van der Waals surface area contributed by atoms with E-state index in [4.69, 9.17) is 9.15 Å². The fourth-order valence-electron chi connectivity index (χ4n) is 3.58. The van der Waals surface area contributed by atoms with Gasteiger partial charge in [0, 0.05) is 18.2 Å². The molecule has 0 amide bonds. The molecular formula is C22H19N3O6S. The lowest BCUT2D eigenvalue weighted by molar-refractivity contribution is -0.384. The van der Waals surface area contributed by atoms with Crippen molar-refractivity contribution in [1.29, 1.82) is 0 Å². The molecule has 1 atom stereocenters. The van der Waals surface area contributed by atoms with Crippen molar-refractivity contribution >= 4 is 29.1 Å². The fraction of sp³-hybridized carbons (Fsp3) is 0.227. The highest BCUT2D eigenvalue weighted by Gasteiger charge is 2.34. The minimum Gasteiger partial charge on any atom is -0.463 e. The molecule has 1 unspecified atom stereocenters. The van der Waals surface area contributed by atoms with Gasteiger partial charge in [-0.1, -0.05) is 23.5 Å². The molecule has 164 valence electrons. The molecule has 10 heteroatoms. The molecule has 0 bridgehead atoms. The van der Waals surface area contributed by atoms with Crippen molar-refractivity contribution in [1.82, 2.24) is 4.57 Å². The van der Waals surface area contributed by atoms with E-state index < -0.39 is 16.9 Å². The van der Waals surface area contributed by atoms with Crippen molar-refractivity contribution in [3.8, 4) is 0 Å². The van der Waals surface area contributed by atoms with Crippen LogP contribution in [0.4, 0.5) is 5.69 Å². The highest BCUT2D eigenvalue weighted by atomic mass is 32.1. The number of allylic oxidation sites excluding steroid dienone is 1. The minimum atomic E-state index is -0.911. The smallest absolute Gasteiger partial charge is 0.338 e. The van der Waals surface area contributed by atoms with Crippen LogP contribution in [-0.2, 0) is 9.53 Å². The van der Waals surface area contributed by atoms with Gasteiger partial charge in [0.2, 0.25) is 0 Å². The molecule has 0 saturated carbocycles. The largest absolute Gasteiger partial charge is 0.463 e. The normalized spacial score (nSPS) is 16.0. The van der Waals surface area contributed by atoms with E-state index >= 15 is 0 Å². The Kier molecular flexibility index (Phi) is 5.62. The maximum Gasteiger partial charge on any atom is 0.338 e. The predicted octanol–water partition coefficient (Wildman–Crippen LogP) is 2.61. The summed E-state index contributed by atoms with van der Waals surface area (Å²) in [7, 11) is 0. The first kappa shape index (κ1) is 21.4. The Hall–Kier alpha value is -3.79. The van der Waals surface area contributed by atoms with Crippen LogP contribution < -0.4 is 14.9 Å². The second-order valence-corrected chi connectivity index (χ2v) is 8.11. The molecule has 32 heavy (non-hydrogen) atoms. The fourth-order valence-corrected chi connectivity index (χ4v) is 4.60. The van der Waals surface area contributed by atoms with E-state index in [1.165, 1.54) is 22.8 Å². The molecule has 4 rings (SSSR count). The zero-order valence-electron chi connectivity index (χ0n) is 17.5. The van der Waals surface area contributed by atoms with Gasteiger partial charge in [0.25, 0.3) is 11.2 Å². The third kappa shape index (κ3) is 3.80. The highest BCUT2D eigenvalue weighted by Crippen LogP contribution is 2.32. The third-order valence-corrected chi connectivity index (χ3v) is 5.93. The molecule has 0 aliphatic carbocycles. The number of thiazole rings is 1. The number of aryl methyl sites for hydroxylation is 1. The van der Waals surface area contributed by atoms with Crippen LogP contribution in [0.25, 0.3) is 6.08 Å². The van der Waals surface area contributed by atoms with Gasteiger partial charge in [0.05, 0.1) is 33.4 Å². The van der Waals surface area contributed by atoms with Crippen LogP contribution in [0.3, 0.4) is 0 Å². The maximum atomic E-state index is 13.4. The molecule has 0 N–H and O–H groups in total. The van der Waals surface area contributed by atoms with E-state index in [-0.39, 0.29) is 23.4 Å². The molecule has 1 aromatic carbocycles. The highest BCUT2D eigenvalue weighted by molar-refractivity contribution is 7.07. The number of fused-ring (bicyclic) bond motifs is 1. The number of carbonyl (C=O) groups excluding carboxylic acids is 1. The molecule has 0 radical (unpaired) electrons. The van der Waals surface area contributed by atoms with Crippen molar-refractivity contribution in [3.63, 3.8) is 0 Å². The Balaban J connectivity index is 1.98. The summed E-state index contributed by atoms with van der Waals surface area (Å²) in [5, 5.41) is 11.3. The molecule has 3 heterocycles. The molecule has 0 fully saturated rings. The molecule has 0 spiro atoms. The third-order valence-electron chi connectivity index (χ3n) is 4.95. The van der Waals surface area contributed by atoms with Crippen LogP contribution in [0.5, 0.6) is 0 Å². The number of furan rings is 1. The number of hydrogen-bond donors (Lipinski definition) is 0. The van der Waals surface area contributed by atoms with Crippen LogP contribution >= 0.6 is 11.3 Å². The number of carbonyl (C=O) groups is 1. The summed E-state index contributed by atoms with van der Waals surface area (Å²) in [6.45, 7) is 5.27. The zero-order chi connectivity index (χ0) is 23.0. The Labute approximate surface area is 185 Å². The number of aromatic nitrogens is 1. The second kappa shape index (κ2) is 8.39. The molecular weight excluding hydrogens is 434 g/mol. The van der Waals surface area contributed by atoms with Gasteiger partial charge >= 0.3 is 5.97 Å². The summed E-state index contributed by atoms with van der Waals surface area (Å²) in [6.07, 6.45) is 1.62. The average Bonchev–Trinajstić information content (AvgIpc) is 3.30. The topological polar surface area (TPSA) is 117 Å². The molecule has 1 aliphatic rings. The Morgan fingerprint density at radius 1 is 1.34 bits per heavy atom. The van der Waals surface area contributed by atoms with Crippen LogP contribution in [0.15, 0.2) is 61.9 Å². The van der Waals surface area contributed by atoms with Gasteiger partial charge in [-0.25, -0.2) is 9.79 Å². The number of benzene rings is 1. The number of hydrogen-bond acceptors (Lipinski definition) is 8. The Morgan fingerprint density at radius 3 is 2.78 bits per heavy atom. The molecule has 9 nitrogen and oxygen atoms in total. The number of non-ortho nitro benzene ring substituents is 1. The van der Waals surface area contributed by atoms with E-state index in [1.807, 2.05) is 0 Å². The standard InChI is InChI=1S/C22H19N3O6S/c1-4-30-21(27)18-13(3)23-22-24(19(18)14-6-5-7-15(10-14)25(28)29)20(26)17(32-22)11-16-9-8-12(2)31-16/h5-11,19H,4H2,1-3H3. The van der Waals surface area contributed by atoms with E-state index in [1.54, 1.807) is 45.0 Å². The molecule has 3 aromatic rings. The maximum absolute atomic E-state index is 13.4.